The third-order valence-electron chi connectivity index (χ3n) is 9.50. The molecule has 0 unspecified atom stereocenters. The molecule has 0 radical (unpaired) electrons. The van der Waals surface area contributed by atoms with Gasteiger partial charge in [-0.2, -0.15) is 0 Å². The van der Waals surface area contributed by atoms with Crippen LogP contribution in [0.4, 0.5) is 0 Å². The van der Waals surface area contributed by atoms with Gasteiger partial charge in [0, 0.05) is 0 Å². The molecule has 3 heteroatoms. The second-order valence-electron chi connectivity index (χ2n) is 10.2. The summed E-state index contributed by atoms with van der Waals surface area (Å²) in [5.74, 6) is 1.46. The first-order chi connectivity index (χ1) is 10.7. The predicted molar refractivity (Wildman–Crippen MR) is 94.5 cm³/mol. The van der Waals surface area contributed by atoms with Crippen molar-refractivity contribution >= 4 is 15.0 Å². The van der Waals surface area contributed by atoms with Gasteiger partial charge < -0.3 is 0 Å². The second-order valence-corrected chi connectivity index (χ2v) is 12.3. The van der Waals surface area contributed by atoms with Gasteiger partial charge in [-0.15, -0.1) is 0 Å². The van der Waals surface area contributed by atoms with Gasteiger partial charge in [0.2, 0.25) is 0 Å². The van der Waals surface area contributed by atoms with Crippen LogP contribution in [-0.4, -0.2) is 37.4 Å². The number of aliphatic hydroxyl groups is 2. The quantitative estimate of drug-likeness (QED) is 0.721. The molecule has 23 heavy (non-hydrogen) atoms. The van der Waals surface area contributed by atoms with Gasteiger partial charge in [-0.1, -0.05) is 0 Å². The number of rotatable bonds is 4. The van der Waals surface area contributed by atoms with Crippen LogP contribution in [0.15, 0.2) is 0 Å². The minimum absolute atomic E-state index is 0.0755. The van der Waals surface area contributed by atoms with Crippen LogP contribution in [0.3, 0.4) is 0 Å². The summed E-state index contributed by atoms with van der Waals surface area (Å²) in [6.07, 6.45) is 7.02. The summed E-state index contributed by atoms with van der Waals surface area (Å²) < 4.78 is 0. The van der Waals surface area contributed by atoms with Gasteiger partial charge in [0.25, 0.3) is 0 Å². The standard InChI is InChI=1S/C20H34O2Se/c1-17(2)13-5-7-19(17,15(21)9-13)11-23-12-20-8-6-14(10-16(20)22)18(20,3)4/h13-16,21-22H,5-12H2,1-4H3/t13-,14-,15-,16-,19-,20-/m1/s1. The zero-order valence-corrected chi connectivity index (χ0v) is 17.0. The molecule has 0 aromatic carbocycles. The molecule has 0 spiro atoms. The molecule has 0 aromatic heterocycles. The van der Waals surface area contributed by atoms with Crippen LogP contribution in [0.25, 0.3) is 0 Å². The van der Waals surface area contributed by atoms with Crippen LogP contribution in [0.1, 0.15) is 66.2 Å². The first-order valence-corrected chi connectivity index (χ1v) is 12.0. The van der Waals surface area contributed by atoms with Crippen LogP contribution in [0.5, 0.6) is 0 Å². The fourth-order valence-electron chi connectivity index (χ4n) is 7.17. The fraction of sp³-hybridized carbons (Fsp3) is 1.00. The molecule has 6 atom stereocenters. The summed E-state index contributed by atoms with van der Waals surface area (Å²) in [5.41, 5.74) is 0.988. The van der Waals surface area contributed by atoms with Gasteiger partial charge in [-0.3, -0.25) is 0 Å². The summed E-state index contributed by atoms with van der Waals surface area (Å²) >= 11 is 0.537. The number of hydrogen-bond donors (Lipinski definition) is 2. The monoisotopic (exact) mass is 386 g/mol. The van der Waals surface area contributed by atoms with Gasteiger partial charge >= 0.3 is 148 Å². The number of fused-ring (bicyclic) bond motifs is 4. The van der Waals surface area contributed by atoms with E-state index in [1.165, 1.54) is 36.3 Å². The molecule has 4 fully saturated rings. The average Bonchev–Trinajstić information content (AvgIpc) is 3.00. The molecule has 0 aliphatic heterocycles. The SMILES string of the molecule is CC1(C)[C@@H]2CC[C@@]1(C[Se]C[C@]13CC[C@H](C[C@H]1O)C3(C)C)[C@H](O)C2. The zero-order valence-electron chi connectivity index (χ0n) is 15.3. The van der Waals surface area contributed by atoms with E-state index in [0.29, 0.717) is 25.8 Å². The molecule has 2 N–H and O–H groups in total. The van der Waals surface area contributed by atoms with Crippen molar-refractivity contribution in [3.05, 3.63) is 0 Å². The molecule has 0 saturated heterocycles. The fourth-order valence-corrected chi connectivity index (χ4v) is 11.9. The van der Waals surface area contributed by atoms with Crippen LogP contribution in [0.2, 0.25) is 10.6 Å². The number of hydrogen-bond acceptors (Lipinski definition) is 2. The zero-order chi connectivity index (χ0) is 16.7. The van der Waals surface area contributed by atoms with Crippen LogP contribution in [0, 0.1) is 33.5 Å². The van der Waals surface area contributed by atoms with Crippen molar-refractivity contribution in [2.45, 2.75) is 89.1 Å². The van der Waals surface area contributed by atoms with Crippen molar-refractivity contribution in [3.8, 4) is 0 Å². The van der Waals surface area contributed by atoms with E-state index in [1.54, 1.807) is 0 Å². The summed E-state index contributed by atoms with van der Waals surface area (Å²) in [6.45, 7) is 9.65. The molecule has 0 aromatic rings. The molecule has 4 bridgehead atoms. The van der Waals surface area contributed by atoms with Crippen molar-refractivity contribution in [2.24, 2.45) is 33.5 Å². The van der Waals surface area contributed by atoms with E-state index in [2.05, 4.69) is 27.7 Å². The van der Waals surface area contributed by atoms with Crippen LogP contribution < -0.4 is 0 Å². The third-order valence-corrected chi connectivity index (χ3v) is 12.5. The Balaban J connectivity index is 1.48. The van der Waals surface area contributed by atoms with Gasteiger partial charge in [0.15, 0.2) is 0 Å². The Morgan fingerprint density at radius 2 is 1.17 bits per heavy atom. The van der Waals surface area contributed by atoms with Crippen molar-refractivity contribution in [1.82, 2.24) is 0 Å². The topological polar surface area (TPSA) is 40.5 Å². The molecule has 2 nitrogen and oxygen atoms in total. The van der Waals surface area contributed by atoms with Crippen molar-refractivity contribution in [1.29, 1.82) is 0 Å². The maximum atomic E-state index is 10.7. The maximum absolute atomic E-state index is 10.7. The van der Waals surface area contributed by atoms with E-state index in [1.807, 2.05) is 0 Å². The molecule has 132 valence electrons. The Hall–Kier alpha value is 0.439. The van der Waals surface area contributed by atoms with Gasteiger partial charge in [-0.25, -0.2) is 0 Å². The Bertz CT molecular complexity index is 458. The summed E-state index contributed by atoms with van der Waals surface area (Å²) in [4.78, 5) is 0. The molecular formula is C20H34O2Se. The van der Waals surface area contributed by atoms with Gasteiger partial charge in [0.05, 0.1) is 0 Å². The van der Waals surface area contributed by atoms with Crippen LogP contribution in [-0.2, 0) is 0 Å². The van der Waals surface area contributed by atoms with Gasteiger partial charge in [0.1, 0.15) is 0 Å². The molecule has 4 aliphatic carbocycles. The Morgan fingerprint density at radius 1 is 0.783 bits per heavy atom. The van der Waals surface area contributed by atoms with Crippen molar-refractivity contribution in [3.63, 3.8) is 0 Å². The molecule has 4 saturated carbocycles. The van der Waals surface area contributed by atoms with E-state index >= 15 is 0 Å². The summed E-state index contributed by atoms with van der Waals surface area (Å²) in [6, 6.07) is 0. The number of aliphatic hydroxyl groups excluding tert-OH is 2. The van der Waals surface area contributed by atoms with Crippen molar-refractivity contribution in [2.75, 3.05) is 0 Å². The molecular weight excluding hydrogens is 351 g/mol. The first-order valence-electron chi connectivity index (χ1n) is 9.61. The van der Waals surface area contributed by atoms with E-state index in [0.717, 1.165) is 24.7 Å². The summed E-state index contributed by atoms with van der Waals surface area (Å²) in [7, 11) is 0. The van der Waals surface area contributed by atoms with E-state index in [9.17, 15) is 10.2 Å². The average molecular weight is 385 g/mol. The Labute approximate surface area is 148 Å². The van der Waals surface area contributed by atoms with Gasteiger partial charge in [-0.05, 0) is 0 Å². The molecule has 4 aliphatic rings. The molecule has 0 heterocycles. The molecule has 0 amide bonds. The Morgan fingerprint density at radius 3 is 1.43 bits per heavy atom. The second kappa shape index (κ2) is 5.00. The van der Waals surface area contributed by atoms with Crippen LogP contribution >= 0.6 is 0 Å². The Kier molecular flexibility index (Phi) is 3.67. The third kappa shape index (κ3) is 1.89. The van der Waals surface area contributed by atoms with E-state index < -0.39 is 0 Å². The minimum atomic E-state index is -0.0755. The summed E-state index contributed by atoms with van der Waals surface area (Å²) in [5, 5.41) is 23.9. The van der Waals surface area contributed by atoms with E-state index in [-0.39, 0.29) is 23.0 Å². The first kappa shape index (κ1) is 16.9. The van der Waals surface area contributed by atoms with E-state index in [4.69, 9.17) is 0 Å². The predicted octanol–water partition coefficient (Wildman–Crippen LogP) is 3.90. The molecule has 4 rings (SSSR count). The normalized spacial score (nSPS) is 52.4. The van der Waals surface area contributed by atoms with Crippen molar-refractivity contribution < 1.29 is 10.2 Å².